The fourth-order valence-electron chi connectivity index (χ4n) is 3.67. The number of rotatable bonds is 7. The first-order chi connectivity index (χ1) is 14.1. The fraction of sp³-hybridized carbons (Fsp3) is 0.545. The third kappa shape index (κ3) is 5.36. The third-order valence-electron chi connectivity index (χ3n) is 5.40. The Bertz CT molecular complexity index is 824. The van der Waals surface area contributed by atoms with Gasteiger partial charge < -0.3 is 20.1 Å². The SMILES string of the molecule is CCNC(=NCc1ccccc1-n1nc(C)cc1C)NCC1(OC)CCOCC1. The Kier molecular flexibility index (Phi) is 7.28. The van der Waals surface area contributed by atoms with Gasteiger partial charge in [-0.3, -0.25) is 0 Å². The summed E-state index contributed by atoms with van der Waals surface area (Å²) in [7, 11) is 1.78. The summed E-state index contributed by atoms with van der Waals surface area (Å²) < 4.78 is 13.3. The summed E-state index contributed by atoms with van der Waals surface area (Å²) in [6, 6.07) is 10.4. The second-order valence-corrected chi connectivity index (χ2v) is 7.52. The van der Waals surface area contributed by atoms with Crippen molar-refractivity contribution in [1.29, 1.82) is 0 Å². The molecule has 0 bridgehead atoms. The number of aromatic nitrogens is 2. The summed E-state index contributed by atoms with van der Waals surface area (Å²) in [5.74, 6) is 0.790. The van der Waals surface area contributed by atoms with Crippen molar-refractivity contribution in [3.05, 3.63) is 47.3 Å². The molecule has 7 heteroatoms. The zero-order valence-corrected chi connectivity index (χ0v) is 18.0. The van der Waals surface area contributed by atoms with E-state index in [2.05, 4.69) is 47.8 Å². The number of nitrogens with one attached hydrogen (secondary N) is 2. The van der Waals surface area contributed by atoms with Crippen LogP contribution in [0, 0.1) is 13.8 Å². The quantitative estimate of drug-likeness (QED) is 0.553. The Labute approximate surface area is 173 Å². The smallest absolute Gasteiger partial charge is 0.191 e. The van der Waals surface area contributed by atoms with E-state index in [0.717, 1.165) is 61.2 Å². The lowest BCUT2D eigenvalue weighted by Crippen LogP contribution is -2.50. The molecule has 1 saturated heterocycles. The minimum atomic E-state index is -0.198. The molecule has 0 radical (unpaired) electrons. The van der Waals surface area contributed by atoms with E-state index < -0.39 is 0 Å². The zero-order valence-electron chi connectivity index (χ0n) is 18.0. The largest absolute Gasteiger partial charge is 0.381 e. The molecule has 2 heterocycles. The van der Waals surface area contributed by atoms with E-state index in [1.165, 1.54) is 0 Å². The maximum Gasteiger partial charge on any atom is 0.191 e. The Morgan fingerprint density at radius 3 is 2.66 bits per heavy atom. The first-order valence-electron chi connectivity index (χ1n) is 10.3. The number of ether oxygens (including phenoxy) is 2. The van der Waals surface area contributed by atoms with E-state index in [-0.39, 0.29) is 5.60 Å². The number of para-hydroxylation sites is 1. The van der Waals surface area contributed by atoms with Gasteiger partial charge in [-0.05, 0) is 38.5 Å². The number of guanidine groups is 1. The van der Waals surface area contributed by atoms with Crippen LogP contribution in [0.25, 0.3) is 5.69 Å². The van der Waals surface area contributed by atoms with Crippen molar-refractivity contribution in [1.82, 2.24) is 20.4 Å². The van der Waals surface area contributed by atoms with Crippen molar-refractivity contribution in [2.24, 2.45) is 4.99 Å². The molecule has 0 aliphatic carbocycles. The Balaban J connectivity index is 1.74. The summed E-state index contributed by atoms with van der Waals surface area (Å²) >= 11 is 0. The summed E-state index contributed by atoms with van der Waals surface area (Å²) in [6.45, 7) is 9.70. The van der Waals surface area contributed by atoms with Crippen LogP contribution >= 0.6 is 0 Å². The third-order valence-corrected chi connectivity index (χ3v) is 5.40. The highest BCUT2D eigenvalue weighted by atomic mass is 16.5. The number of benzene rings is 1. The molecule has 1 aliphatic rings. The minimum absolute atomic E-state index is 0.198. The first kappa shape index (κ1) is 21.3. The van der Waals surface area contributed by atoms with Crippen molar-refractivity contribution in [3.63, 3.8) is 0 Å². The van der Waals surface area contributed by atoms with Gasteiger partial charge in [-0.2, -0.15) is 5.10 Å². The minimum Gasteiger partial charge on any atom is -0.381 e. The second-order valence-electron chi connectivity index (χ2n) is 7.52. The van der Waals surface area contributed by atoms with Gasteiger partial charge in [0.2, 0.25) is 0 Å². The summed E-state index contributed by atoms with van der Waals surface area (Å²) in [4.78, 5) is 4.82. The average Bonchev–Trinajstić information content (AvgIpc) is 3.08. The highest BCUT2D eigenvalue weighted by Gasteiger charge is 2.32. The highest BCUT2D eigenvalue weighted by Crippen LogP contribution is 2.23. The van der Waals surface area contributed by atoms with Crippen LogP contribution in [0.4, 0.5) is 0 Å². The predicted molar refractivity (Wildman–Crippen MR) is 116 cm³/mol. The molecule has 0 amide bonds. The van der Waals surface area contributed by atoms with E-state index in [1.807, 2.05) is 23.7 Å². The molecule has 1 aromatic carbocycles. The molecule has 2 aromatic rings. The van der Waals surface area contributed by atoms with Crippen molar-refractivity contribution in [2.45, 2.75) is 45.8 Å². The molecule has 1 fully saturated rings. The van der Waals surface area contributed by atoms with Gasteiger partial charge in [-0.1, -0.05) is 18.2 Å². The number of hydrogen-bond acceptors (Lipinski definition) is 4. The Hall–Kier alpha value is -2.38. The van der Waals surface area contributed by atoms with E-state index in [0.29, 0.717) is 13.1 Å². The van der Waals surface area contributed by atoms with Gasteiger partial charge in [-0.15, -0.1) is 0 Å². The molecule has 0 unspecified atom stereocenters. The zero-order chi connectivity index (χ0) is 20.7. The Morgan fingerprint density at radius 2 is 2.00 bits per heavy atom. The van der Waals surface area contributed by atoms with E-state index in [1.54, 1.807) is 7.11 Å². The molecule has 158 valence electrons. The van der Waals surface area contributed by atoms with Crippen LogP contribution in [0.5, 0.6) is 0 Å². The first-order valence-corrected chi connectivity index (χ1v) is 10.3. The van der Waals surface area contributed by atoms with E-state index in [4.69, 9.17) is 14.5 Å². The lowest BCUT2D eigenvalue weighted by molar-refractivity contribution is -0.0855. The van der Waals surface area contributed by atoms with Crippen molar-refractivity contribution in [2.75, 3.05) is 33.4 Å². The standard InChI is InChI=1S/C22H33N5O2/c1-5-23-21(25-16-22(28-4)10-12-29-13-11-22)24-15-19-8-6-7-9-20(19)27-18(3)14-17(2)26-27/h6-9,14H,5,10-13,15-16H2,1-4H3,(H2,23,24,25). The average molecular weight is 400 g/mol. The van der Waals surface area contributed by atoms with Crippen LogP contribution in [0.1, 0.15) is 36.7 Å². The number of aliphatic imine (C=N–C) groups is 1. The van der Waals surface area contributed by atoms with Crippen LogP contribution in [-0.2, 0) is 16.0 Å². The van der Waals surface area contributed by atoms with Crippen LogP contribution in [0.2, 0.25) is 0 Å². The molecular formula is C22H33N5O2. The molecule has 3 rings (SSSR count). The van der Waals surface area contributed by atoms with Gasteiger partial charge in [0.25, 0.3) is 0 Å². The highest BCUT2D eigenvalue weighted by molar-refractivity contribution is 5.79. The van der Waals surface area contributed by atoms with Crippen molar-refractivity contribution in [3.8, 4) is 5.69 Å². The monoisotopic (exact) mass is 399 g/mol. The summed E-state index contributed by atoms with van der Waals surface area (Å²) in [6.07, 6.45) is 1.77. The maximum absolute atomic E-state index is 5.83. The molecule has 0 atom stereocenters. The van der Waals surface area contributed by atoms with Crippen LogP contribution in [0.15, 0.2) is 35.3 Å². The van der Waals surface area contributed by atoms with E-state index >= 15 is 0 Å². The summed E-state index contributed by atoms with van der Waals surface area (Å²) in [5.41, 5.74) is 4.12. The van der Waals surface area contributed by atoms with E-state index in [9.17, 15) is 0 Å². The summed E-state index contributed by atoms with van der Waals surface area (Å²) in [5, 5.41) is 11.4. The van der Waals surface area contributed by atoms with Gasteiger partial charge in [0.05, 0.1) is 23.5 Å². The van der Waals surface area contributed by atoms with Gasteiger partial charge in [0.15, 0.2) is 5.96 Å². The van der Waals surface area contributed by atoms with Crippen molar-refractivity contribution < 1.29 is 9.47 Å². The van der Waals surface area contributed by atoms with Gasteiger partial charge in [0.1, 0.15) is 0 Å². The predicted octanol–water partition coefficient (Wildman–Crippen LogP) is 2.74. The van der Waals surface area contributed by atoms with Crippen molar-refractivity contribution >= 4 is 5.96 Å². The maximum atomic E-state index is 5.83. The number of methoxy groups -OCH3 is 1. The molecular weight excluding hydrogens is 366 g/mol. The lowest BCUT2D eigenvalue weighted by atomic mass is 9.94. The number of hydrogen-bond donors (Lipinski definition) is 2. The molecule has 1 aliphatic heterocycles. The lowest BCUT2D eigenvalue weighted by Gasteiger charge is -2.36. The molecule has 2 N–H and O–H groups in total. The van der Waals surface area contributed by atoms with Gasteiger partial charge >= 0.3 is 0 Å². The van der Waals surface area contributed by atoms with Crippen LogP contribution in [0.3, 0.4) is 0 Å². The number of aryl methyl sites for hydroxylation is 2. The fourth-order valence-corrected chi connectivity index (χ4v) is 3.67. The molecule has 29 heavy (non-hydrogen) atoms. The number of nitrogens with zero attached hydrogens (tertiary/aromatic N) is 3. The second kappa shape index (κ2) is 9.89. The molecule has 0 saturated carbocycles. The van der Waals surface area contributed by atoms with Crippen LogP contribution < -0.4 is 10.6 Å². The molecule has 1 aromatic heterocycles. The Morgan fingerprint density at radius 1 is 1.24 bits per heavy atom. The topological polar surface area (TPSA) is 72.7 Å². The van der Waals surface area contributed by atoms with Crippen LogP contribution in [-0.4, -0.2) is 54.8 Å². The molecule has 7 nitrogen and oxygen atoms in total. The van der Waals surface area contributed by atoms with Gasteiger partial charge in [-0.25, -0.2) is 9.67 Å². The van der Waals surface area contributed by atoms with Gasteiger partial charge in [0, 0.05) is 51.9 Å². The normalized spacial score (nSPS) is 16.6. The molecule has 0 spiro atoms.